The highest BCUT2D eigenvalue weighted by Crippen LogP contribution is 2.20. The first-order chi connectivity index (χ1) is 14.9. The normalized spacial score (nSPS) is 12.3. The van der Waals surface area contributed by atoms with Gasteiger partial charge < -0.3 is 10.2 Å². The number of aryl methyl sites for hydroxylation is 1. The lowest BCUT2D eigenvalue weighted by Crippen LogP contribution is -2.52. The first-order valence-electron chi connectivity index (χ1n) is 10.3. The summed E-state index contributed by atoms with van der Waals surface area (Å²) >= 11 is 0. The third-order valence-electron chi connectivity index (χ3n) is 4.81. The van der Waals surface area contributed by atoms with E-state index >= 15 is 0 Å². The zero-order valence-electron chi connectivity index (χ0n) is 19.0. The average molecular weight is 464 g/mol. The summed E-state index contributed by atoms with van der Waals surface area (Å²) in [7, 11) is -3.89. The number of nitrogens with one attached hydrogen (secondary N) is 1. The molecule has 2 aromatic carbocycles. The monoisotopic (exact) mass is 463 g/mol. The number of nitrogens with zero attached hydrogens (tertiary/aromatic N) is 2. The van der Waals surface area contributed by atoms with Gasteiger partial charge in [0.15, 0.2) is 0 Å². The van der Waals surface area contributed by atoms with Gasteiger partial charge in [0.2, 0.25) is 21.8 Å². The molecular weight excluding hydrogens is 433 g/mol. The standard InChI is InChI=1S/C23H30FN3O4S/c1-16(2)25-23(29)18(4)26(14-19-9-6-8-17(3)12-19)22(28)15-27(32(5,30)31)21-11-7-10-20(24)13-21/h6-13,16,18H,14-15H2,1-5H3,(H,25,29)/t18-/m1/s1. The van der Waals surface area contributed by atoms with Gasteiger partial charge in [-0.15, -0.1) is 0 Å². The van der Waals surface area contributed by atoms with Crippen LogP contribution in [-0.4, -0.2) is 50.0 Å². The third kappa shape index (κ3) is 7.05. The summed E-state index contributed by atoms with van der Waals surface area (Å²) in [5, 5.41) is 2.78. The quantitative estimate of drug-likeness (QED) is 0.620. The van der Waals surface area contributed by atoms with Gasteiger partial charge in [-0.3, -0.25) is 13.9 Å². The molecule has 2 rings (SSSR count). The molecule has 0 aliphatic carbocycles. The van der Waals surface area contributed by atoms with E-state index in [1.165, 1.54) is 23.1 Å². The number of benzene rings is 2. The average Bonchev–Trinajstić information content (AvgIpc) is 2.68. The zero-order chi connectivity index (χ0) is 24.1. The number of anilines is 1. The summed E-state index contributed by atoms with van der Waals surface area (Å²) < 4.78 is 39.4. The Morgan fingerprint density at radius 2 is 1.72 bits per heavy atom. The molecule has 7 nitrogen and oxygen atoms in total. The molecule has 0 fully saturated rings. The van der Waals surface area contributed by atoms with E-state index < -0.39 is 34.3 Å². The number of rotatable bonds is 9. The Balaban J connectivity index is 2.39. The van der Waals surface area contributed by atoms with Crippen molar-refractivity contribution in [3.8, 4) is 0 Å². The molecule has 174 valence electrons. The van der Waals surface area contributed by atoms with Crippen LogP contribution >= 0.6 is 0 Å². The predicted octanol–water partition coefficient (Wildman–Crippen LogP) is 2.84. The molecule has 0 unspecified atom stereocenters. The molecule has 0 aromatic heterocycles. The topological polar surface area (TPSA) is 86.8 Å². The molecule has 9 heteroatoms. The van der Waals surface area contributed by atoms with Crippen molar-refractivity contribution < 1.29 is 22.4 Å². The van der Waals surface area contributed by atoms with Gasteiger partial charge in [-0.25, -0.2) is 12.8 Å². The number of amides is 2. The molecule has 0 spiro atoms. The molecule has 0 aliphatic rings. The van der Waals surface area contributed by atoms with Crippen LogP contribution in [0, 0.1) is 12.7 Å². The van der Waals surface area contributed by atoms with Gasteiger partial charge in [0.05, 0.1) is 11.9 Å². The van der Waals surface area contributed by atoms with Gasteiger partial charge in [-0.2, -0.15) is 0 Å². The van der Waals surface area contributed by atoms with E-state index in [0.29, 0.717) is 0 Å². The van der Waals surface area contributed by atoms with Gasteiger partial charge in [0.25, 0.3) is 0 Å². The Kier molecular flexibility index (Phi) is 8.38. The van der Waals surface area contributed by atoms with Crippen LogP contribution in [0.1, 0.15) is 31.9 Å². The minimum absolute atomic E-state index is 0.0376. The lowest BCUT2D eigenvalue weighted by molar-refractivity contribution is -0.139. The molecule has 0 radical (unpaired) electrons. The first kappa shape index (κ1) is 25.3. The molecule has 0 aliphatic heterocycles. The Labute approximate surface area is 189 Å². The van der Waals surface area contributed by atoms with Gasteiger partial charge in [0.1, 0.15) is 18.4 Å². The SMILES string of the molecule is Cc1cccc(CN(C(=O)CN(c2cccc(F)c2)S(C)(=O)=O)[C@H](C)C(=O)NC(C)C)c1. The van der Waals surface area contributed by atoms with Crippen molar-refractivity contribution >= 4 is 27.5 Å². The number of carbonyl (C=O) groups excluding carboxylic acids is 2. The maximum Gasteiger partial charge on any atom is 0.244 e. The summed E-state index contributed by atoms with van der Waals surface area (Å²) in [6.07, 6.45) is 0.949. The molecule has 2 amide bonds. The van der Waals surface area contributed by atoms with Crippen molar-refractivity contribution in [2.24, 2.45) is 0 Å². The van der Waals surface area contributed by atoms with Crippen molar-refractivity contribution in [3.05, 3.63) is 65.5 Å². The summed E-state index contributed by atoms with van der Waals surface area (Å²) in [5.41, 5.74) is 1.83. The third-order valence-corrected chi connectivity index (χ3v) is 5.95. The maximum absolute atomic E-state index is 13.7. The van der Waals surface area contributed by atoms with E-state index in [1.54, 1.807) is 6.92 Å². The zero-order valence-corrected chi connectivity index (χ0v) is 19.8. The van der Waals surface area contributed by atoms with Gasteiger partial charge in [0, 0.05) is 12.6 Å². The fraction of sp³-hybridized carbons (Fsp3) is 0.391. The van der Waals surface area contributed by atoms with Crippen molar-refractivity contribution in [2.75, 3.05) is 17.1 Å². The van der Waals surface area contributed by atoms with E-state index in [0.717, 1.165) is 27.8 Å². The van der Waals surface area contributed by atoms with Crippen molar-refractivity contribution in [1.82, 2.24) is 10.2 Å². The molecule has 0 saturated carbocycles. The number of carbonyl (C=O) groups is 2. The van der Waals surface area contributed by atoms with Crippen LogP contribution in [-0.2, 0) is 26.2 Å². The number of hydrogen-bond acceptors (Lipinski definition) is 4. The Morgan fingerprint density at radius 3 is 2.28 bits per heavy atom. The molecule has 0 heterocycles. The molecule has 32 heavy (non-hydrogen) atoms. The highest BCUT2D eigenvalue weighted by Gasteiger charge is 2.30. The number of halogens is 1. The fourth-order valence-corrected chi connectivity index (χ4v) is 4.08. The highest BCUT2D eigenvalue weighted by molar-refractivity contribution is 7.92. The molecule has 0 bridgehead atoms. The van der Waals surface area contributed by atoms with E-state index in [2.05, 4.69) is 5.32 Å². The summed E-state index contributed by atoms with van der Waals surface area (Å²) in [6.45, 7) is 6.69. The van der Waals surface area contributed by atoms with Crippen molar-refractivity contribution in [1.29, 1.82) is 0 Å². The molecule has 1 atom stereocenters. The van der Waals surface area contributed by atoms with E-state index in [4.69, 9.17) is 0 Å². The molecule has 2 aromatic rings. The summed E-state index contributed by atoms with van der Waals surface area (Å²) in [4.78, 5) is 27.3. The van der Waals surface area contributed by atoms with Crippen LogP contribution in [0.15, 0.2) is 48.5 Å². The van der Waals surface area contributed by atoms with Crippen molar-refractivity contribution in [2.45, 2.75) is 46.3 Å². The molecule has 0 saturated heterocycles. The van der Waals surface area contributed by atoms with Crippen LogP contribution < -0.4 is 9.62 Å². The second-order valence-electron chi connectivity index (χ2n) is 8.10. The largest absolute Gasteiger partial charge is 0.352 e. The van der Waals surface area contributed by atoms with Crippen LogP contribution in [0.4, 0.5) is 10.1 Å². The Bertz CT molecular complexity index is 1070. The lowest BCUT2D eigenvalue weighted by Gasteiger charge is -2.32. The van der Waals surface area contributed by atoms with Crippen LogP contribution in [0.5, 0.6) is 0 Å². The van der Waals surface area contributed by atoms with Gasteiger partial charge in [-0.05, 0) is 51.5 Å². The predicted molar refractivity (Wildman–Crippen MR) is 123 cm³/mol. The lowest BCUT2D eigenvalue weighted by atomic mass is 10.1. The minimum Gasteiger partial charge on any atom is -0.352 e. The Morgan fingerprint density at radius 1 is 1.06 bits per heavy atom. The summed E-state index contributed by atoms with van der Waals surface area (Å²) in [5.74, 6) is -1.55. The van der Waals surface area contributed by atoms with E-state index in [9.17, 15) is 22.4 Å². The van der Waals surface area contributed by atoms with Crippen LogP contribution in [0.3, 0.4) is 0 Å². The summed E-state index contributed by atoms with van der Waals surface area (Å²) in [6, 6.07) is 11.5. The smallest absolute Gasteiger partial charge is 0.244 e. The maximum atomic E-state index is 13.7. The second-order valence-corrected chi connectivity index (χ2v) is 10.0. The number of hydrogen-bond donors (Lipinski definition) is 1. The minimum atomic E-state index is -3.89. The van der Waals surface area contributed by atoms with Gasteiger partial charge >= 0.3 is 0 Å². The van der Waals surface area contributed by atoms with Crippen LogP contribution in [0.25, 0.3) is 0 Å². The van der Waals surface area contributed by atoms with Crippen LogP contribution in [0.2, 0.25) is 0 Å². The van der Waals surface area contributed by atoms with Gasteiger partial charge in [-0.1, -0.05) is 35.9 Å². The van der Waals surface area contributed by atoms with E-state index in [-0.39, 0.29) is 24.2 Å². The first-order valence-corrected chi connectivity index (χ1v) is 12.1. The number of sulfonamides is 1. The van der Waals surface area contributed by atoms with Crippen molar-refractivity contribution in [3.63, 3.8) is 0 Å². The molecule has 1 N–H and O–H groups in total. The second kappa shape index (κ2) is 10.6. The highest BCUT2D eigenvalue weighted by atomic mass is 32.2. The fourth-order valence-electron chi connectivity index (χ4n) is 3.24. The van der Waals surface area contributed by atoms with E-state index in [1.807, 2.05) is 45.0 Å². The molecular formula is C23H30FN3O4S. The Hall–Kier alpha value is -2.94.